The summed E-state index contributed by atoms with van der Waals surface area (Å²) in [5.41, 5.74) is 1.74. The van der Waals surface area contributed by atoms with Gasteiger partial charge in [0.25, 0.3) is 0 Å². The van der Waals surface area contributed by atoms with Gasteiger partial charge in [-0.2, -0.15) is 11.8 Å². The molecule has 1 unspecified atom stereocenters. The fourth-order valence-electron chi connectivity index (χ4n) is 2.21. The Labute approximate surface area is 124 Å². The fraction of sp³-hybridized carbons (Fsp3) is 0.500. The van der Waals surface area contributed by atoms with Crippen LogP contribution in [0.2, 0.25) is 0 Å². The van der Waals surface area contributed by atoms with Crippen molar-refractivity contribution in [3.63, 3.8) is 0 Å². The first-order valence-electron chi connectivity index (χ1n) is 6.48. The van der Waals surface area contributed by atoms with E-state index in [9.17, 15) is 13.2 Å². The largest absolute Gasteiger partial charge is 0.293 e. The topological polar surface area (TPSA) is 54.5 Å². The Hall–Kier alpha value is -0.850. The smallest absolute Gasteiger partial charge is 0.176 e. The van der Waals surface area contributed by atoms with Gasteiger partial charge in [-0.25, -0.2) is 8.42 Å². The van der Waals surface area contributed by atoms with Crippen LogP contribution in [0.1, 0.15) is 15.9 Å². The molecule has 1 atom stereocenters. The predicted octanol–water partition coefficient (Wildman–Crippen LogP) is 1.60. The number of thioether (sulfide) groups is 1. The lowest BCUT2D eigenvalue weighted by Crippen LogP contribution is -2.48. The van der Waals surface area contributed by atoms with E-state index < -0.39 is 15.2 Å². The molecule has 110 valence electrons. The predicted molar refractivity (Wildman–Crippen MR) is 83.0 cm³/mol. The van der Waals surface area contributed by atoms with Crippen LogP contribution in [-0.4, -0.2) is 55.3 Å². The molecule has 0 spiro atoms. The van der Waals surface area contributed by atoms with Crippen molar-refractivity contribution in [3.8, 4) is 0 Å². The summed E-state index contributed by atoms with van der Waals surface area (Å²) in [5, 5.41) is -0.546. The van der Waals surface area contributed by atoms with E-state index in [1.807, 2.05) is 19.1 Å². The third-order valence-corrected chi connectivity index (χ3v) is 6.09. The summed E-state index contributed by atoms with van der Waals surface area (Å²) in [6.45, 7) is 2.77. The van der Waals surface area contributed by atoms with Gasteiger partial charge in [-0.1, -0.05) is 29.8 Å². The van der Waals surface area contributed by atoms with Crippen LogP contribution in [0, 0.1) is 6.92 Å². The maximum atomic E-state index is 12.3. The van der Waals surface area contributed by atoms with E-state index in [4.69, 9.17) is 0 Å². The van der Waals surface area contributed by atoms with Crippen molar-refractivity contribution in [1.82, 2.24) is 4.90 Å². The normalized spacial score (nSPS) is 20.8. The minimum absolute atomic E-state index is 0.0226. The Morgan fingerprint density at radius 3 is 2.60 bits per heavy atom. The summed E-state index contributed by atoms with van der Waals surface area (Å²) in [6, 6.07) is 7.39. The highest BCUT2D eigenvalue weighted by Crippen LogP contribution is 2.20. The number of carbonyl (C=O) groups is 1. The molecule has 0 bridgehead atoms. The SMILES string of the molecule is Cc1ccc(C(=O)CN2CCSCC2S(C)(=O)=O)cc1. The van der Waals surface area contributed by atoms with Crippen LogP contribution in [0.4, 0.5) is 0 Å². The number of ketones is 1. The quantitative estimate of drug-likeness (QED) is 0.790. The number of nitrogens with zero attached hydrogens (tertiary/aromatic N) is 1. The zero-order valence-electron chi connectivity index (χ0n) is 11.7. The first-order chi connectivity index (χ1) is 9.38. The monoisotopic (exact) mass is 313 g/mol. The molecule has 0 saturated carbocycles. The first-order valence-corrected chi connectivity index (χ1v) is 9.59. The van der Waals surface area contributed by atoms with Crippen LogP contribution in [0.15, 0.2) is 24.3 Å². The molecular weight excluding hydrogens is 294 g/mol. The molecular formula is C14H19NO3S2. The molecule has 1 saturated heterocycles. The van der Waals surface area contributed by atoms with E-state index in [1.165, 1.54) is 6.26 Å². The summed E-state index contributed by atoms with van der Waals surface area (Å²) in [5.74, 6) is 1.39. The second-order valence-corrected chi connectivity index (χ2v) is 8.47. The average molecular weight is 313 g/mol. The van der Waals surface area contributed by atoms with Gasteiger partial charge >= 0.3 is 0 Å². The highest BCUT2D eigenvalue weighted by molar-refractivity contribution is 8.00. The highest BCUT2D eigenvalue weighted by atomic mass is 32.2. The van der Waals surface area contributed by atoms with Crippen LogP contribution in [-0.2, 0) is 9.84 Å². The van der Waals surface area contributed by atoms with E-state index >= 15 is 0 Å². The summed E-state index contributed by atoms with van der Waals surface area (Å²) in [6.07, 6.45) is 1.24. The van der Waals surface area contributed by atoms with E-state index in [1.54, 1.807) is 28.8 Å². The molecule has 0 radical (unpaired) electrons. The van der Waals surface area contributed by atoms with E-state index in [2.05, 4.69) is 0 Å². The van der Waals surface area contributed by atoms with E-state index in [0.29, 0.717) is 17.9 Å². The molecule has 0 amide bonds. The zero-order valence-corrected chi connectivity index (χ0v) is 13.3. The number of sulfone groups is 1. The zero-order chi connectivity index (χ0) is 14.8. The van der Waals surface area contributed by atoms with Crippen LogP contribution >= 0.6 is 11.8 Å². The van der Waals surface area contributed by atoms with Gasteiger partial charge in [0.1, 0.15) is 5.37 Å². The minimum Gasteiger partial charge on any atom is -0.293 e. The number of rotatable bonds is 4. The summed E-state index contributed by atoms with van der Waals surface area (Å²) in [4.78, 5) is 14.0. The van der Waals surface area contributed by atoms with E-state index in [0.717, 1.165) is 11.3 Å². The summed E-state index contributed by atoms with van der Waals surface area (Å²) in [7, 11) is -3.16. The highest BCUT2D eigenvalue weighted by Gasteiger charge is 2.32. The van der Waals surface area contributed by atoms with Crippen molar-refractivity contribution in [2.75, 3.05) is 30.9 Å². The third kappa shape index (κ3) is 3.84. The van der Waals surface area contributed by atoms with Gasteiger partial charge in [-0.05, 0) is 6.92 Å². The van der Waals surface area contributed by atoms with Crippen LogP contribution in [0.3, 0.4) is 0 Å². The number of aryl methyl sites for hydroxylation is 1. The van der Waals surface area contributed by atoms with Crippen molar-refractivity contribution in [1.29, 1.82) is 0 Å². The molecule has 1 aliphatic heterocycles. The van der Waals surface area contributed by atoms with Crippen molar-refractivity contribution in [2.24, 2.45) is 0 Å². The van der Waals surface area contributed by atoms with Gasteiger partial charge in [0.15, 0.2) is 15.6 Å². The average Bonchev–Trinajstić information content (AvgIpc) is 2.38. The Bertz CT molecular complexity index is 581. The number of hydrogen-bond acceptors (Lipinski definition) is 5. The second kappa shape index (κ2) is 6.28. The maximum absolute atomic E-state index is 12.3. The standard InChI is InChI=1S/C14H19NO3S2/c1-11-3-5-12(6-4-11)13(16)9-15-7-8-19-10-14(15)20(2,17)18/h3-6,14H,7-10H2,1-2H3. The summed E-state index contributed by atoms with van der Waals surface area (Å²) >= 11 is 1.63. The van der Waals surface area contributed by atoms with Gasteiger partial charge in [0.2, 0.25) is 0 Å². The Morgan fingerprint density at radius 2 is 2.00 bits per heavy atom. The number of benzene rings is 1. The Balaban J connectivity index is 2.11. The maximum Gasteiger partial charge on any atom is 0.176 e. The van der Waals surface area contributed by atoms with E-state index in [-0.39, 0.29) is 12.3 Å². The van der Waals surface area contributed by atoms with Crippen LogP contribution < -0.4 is 0 Å². The lowest BCUT2D eigenvalue weighted by atomic mass is 10.1. The number of carbonyl (C=O) groups excluding carboxylic acids is 1. The Morgan fingerprint density at radius 1 is 1.35 bits per heavy atom. The van der Waals surface area contributed by atoms with Gasteiger partial charge in [-0.3, -0.25) is 9.69 Å². The molecule has 20 heavy (non-hydrogen) atoms. The molecule has 0 N–H and O–H groups in total. The van der Waals surface area contributed by atoms with Crippen LogP contribution in [0.5, 0.6) is 0 Å². The number of hydrogen-bond donors (Lipinski definition) is 0. The van der Waals surface area contributed by atoms with Crippen molar-refractivity contribution >= 4 is 27.4 Å². The minimum atomic E-state index is -3.16. The lowest BCUT2D eigenvalue weighted by Gasteiger charge is -2.33. The van der Waals surface area contributed by atoms with Crippen LogP contribution in [0.25, 0.3) is 0 Å². The molecule has 0 aromatic heterocycles. The molecule has 0 aliphatic carbocycles. The van der Waals surface area contributed by atoms with Crippen molar-refractivity contribution in [2.45, 2.75) is 12.3 Å². The van der Waals surface area contributed by atoms with Crippen molar-refractivity contribution < 1.29 is 13.2 Å². The molecule has 1 heterocycles. The molecule has 2 rings (SSSR count). The first kappa shape index (κ1) is 15.5. The van der Waals surface area contributed by atoms with Crippen molar-refractivity contribution in [3.05, 3.63) is 35.4 Å². The van der Waals surface area contributed by atoms with Gasteiger partial charge in [-0.15, -0.1) is 0 Å². The molecule has 4 nitrogen and oxygen atoms in total. The van der Waals surface area contributed by atoms with Gasteiger partial charge in [0.05, 0.1) is 6.54 Å². The summed E-state index contributed by atoms with van der Waals surface area (Å²) < 4.78 is 23.6. The van der Waals surface area contributed by atoms with Gasteiger partial charge < -0.3 is 0 Å². The lowest BCUT2D eigenvalue weighted by molar-refractivity contribution is 0.0928. The molecule has 1 aliphatic rings. The fourth-order valence-corrected chi connectivity index (χ4v) is 5.15. The van der Waals surface area contributed by atoms with Gasteiger partial charge in [0, 0.05) is 29.9 Å². The molecule has 6 heteroatoms. The molecule has 1 aromatic carbocycles. The second-order valence-electron chi connectivity index (χ2n) is 5.12. The third-order valence-electron chi connectivity index (χ3n) is 3.41. The molecule has 1 aromatic rings. The number of Topliss-reactive ketones (excluding diaryl/α,β-unsaturated/α-hetero) is 1. The molecule has 1 fully saturated rings. The Kier molecular flexibility index (Phi) is 4.88.